The second-order valence-electron chi connectivity index (χ2n) is 5.56. The molecule has 0 aliphatic carbocycles. The van der Waals surface area contributed by atoms with Gasteiger partial charge in [-0.15, -0.1) is 0 Å². The van der Waals surface area contributed by atoms with Crippen LogP contribution < -0.4 is 10.6 Å². The van der Waals surface area contributed by atoms with E-state index in [2.05, 4.69) is 20.6 Å². The molecule has 1 fully saturated rings. The molecular formula is C14H20F3N5O. The van der Waals surface area contributed by atoms with Crippen LogP contribution in [0.3, 0.4) is 0 Å². The van der Waals surface area contributed by atoms with Gasteiger partial charge in [0.25, 0.3) is 0 Å². The van der Waals surface area contributed by atoms with Crippen LogP contribution in [0.1, 0.15) is 12.8 Å². The molecule has 0 aromatic carbocycles. The number of nitrogens with zero attached hydrogens (tertiary/aromatic N) is 3. The first-order chi connectivity index (χ1) is 10.9. The van der Waals surface area contributed by atoms with E-state index in [9.17, 15) is 18.0 Å². The number of likely N-dealkylation sites (tertiary alicyclic amines) is 1. The Labute approximate surface area is 132 Å². The minimum absolute atomic E-state index is 0.0757. The van der Waals surface area contributed by atoms with Crippen LogP contribution in [0.5, 0.6) is 0 Å². The van der Waals surface area contributed by atoms with Crippen molar-refractivity contribution in [3.05, 3.63) is 18.5 Å². The zero-order chi connectivity index (χ0) is 16.7. The normalized spacial score (nSPS) is 18.8. The van der Waals surface area contributed by atoms with Crippen LogP contribution in [-0.4, -0.2) is 59.7 Å². The van der Waals surface area contributed by atoms with Gasteiger partial charge in [0.05, 0.1) is 6.54 Å². The van der Waals surface area contributed by atoms with E-state index < -0.39 is 12.7 Å². The molecule has 1 aromatic heterocycles. The number of amides is 1. The van der Waals surface area contributed by atoms with Crippen molar-refractivity contribution < 1.29 is 18.0 Å². The van der Waals surface area contributed by atoms with Crippen molar-refractivity contribution in [2.45, 2.75) is 19.0 Å². The summed E-state index contributed by atoms with van der Waals surface area (Å²) in [6.07, 6.45) is -0.0303. The topological polar surface area (TPSA) is 70.1 Å². The predicted octanol–water partition coefficient (Wildman–Crippen LogP) is 1.28. The van der Waals surface area contributed by atoms with Crippen LogP contribution in [0.15, 0.2) is 18.5 Å². The Morgan fingerprint density at radius 3 is 2.78 bits per heavy atom. The summed E-state index contributed by atoms with van der Waals surface area (Å²) in [7, 11) is 0. The van der Waals surface area contributed by atoms with Crippen LogP contribution in [0, 0.1) is 5.92 Å². The minimum Gasteiger partial charge on any atom is -0.356 e. The van der Waals surface area contributed by atoms with Crippen molar-refractivity contribution in [3.8, 4) is 0 Å². The fraction of sp³-hybridized carbons (Fsp3) is 0.643. The largest absolute Gasteiger partial charge is 0.401 e. The SMILES string of the molecule is O=C(CCNc1ncccn1)NCC1CCN(CC(F)(F)F)C1. The van der Waals surface area contributed by atoms with E-state index in [1.807, 2.05) is 0 Å². The molecule has 0 spiro atoms. The zero-order valence-electron chi connectivity index (χ0n) is 12.6. The lowest BCUT2D eigenvalue weighted by Gasteiger charge is -2.18. The lowest BCUT2D eigenvalue weighted by Crippen LogP contribution is -2.35. The molecule has 1 aliphatic rings. The minimum atomic E-state index is -4.16. The first-order valence-corrected chi connectivity index (χ1v) is 7.49. The summed E-state index contributed by atoms with van der Waals surface area (Å²) < 4.78 is 36.9. The van der Waals surface area contributed by atoms with Gasteiger partial charge in [0.2, 0.25) is 11.9 Å². The van der Waals surface area contributed by atoms with Gasteiger partial charge in [0, 0.05) is 38.4 Å². The molecule has 1 amide bonds. The number of anilines is 1. The van der Waals surface area contributed by atoms with E-state index in [4.69, 9.17) is 0 Å². The second-order valence-corrected chi connectivity index (χ2v) is 5.56. The smallest absolute Gasteiger partial charge is 0.356 e. The second kappa shape index (κ2) is 8.09. The van der Waals surface area contributed by atoms with Gasteiger partial charge in [-0.05, 0) is 24.9 Å². The highest BCUT2D eigenvalue weighted by Crippen LogP contribution is 2.22. The summed E-state index contributed by atoms with van der Waals surface area (Å²) in [4.78, 5) is 21.0. The number of halogens is 3. The van der Waals surface area contributed by atoms with Crippen LogP contribution in [0.4, 0.5) is 19.1 Å². The summed E-state index contributed by atoms with van der Waals surface area (Å²) >= 11 is 0. The van der Waals surface area contributed by atoms with Crippen molar-refractivity contribution >= 4 is 11.9 Å². The van der Waals surface area contributed by atoms with Gasteiger partial charge in [0.1, 0.15) is 0 Å². The lowest BCUT2D eigenvalue weighted by atomic mass is 10.1. The molecule has 128 valence electrons. The molecule has 2 rings (SSSR count). The Morgan fingerprint density at radius 2 is 2.09 bits per heavy atom. The monoisotopic (exact) mass is 331 g/mol. The molecule has 9 heteroatoms. The van der Waals surface area contributed by atoms with Gasteiger partial charge in [-0.25, -0.2) is 9.97 Å². The molecule has 2 N–H and O–H groups in total. The van der Waals surface area contributed by atoms with Gasteiger partial charge >= 0.3 is 6.18 Å². The first kappa shape index (κ1) is 17.5. The molecule has 0 saturated carbocycles. The molecule has 0 radical (unpaired) electrons. The molecular weight excluding hydrogens is 311 g/mol. The summed E-state index contributed by atoms with van der Waals surface area (Å²) in [5, 5.41) is 5.69. The summed E-state index contributed by atoms with van der Waals surface area (Å²) in [5.41, 5.74) is 0. The molecule has 1 unspecified atom stereocenters. The highest BCUT2D eigenvalue weighted by atomic mass is 19.4. The molecule has 1 aromatic rings. The van der Waals surface area contributed by atoms with E-state index in [0.717, 1.165) is 0 Å². The third-order valence-corrected chi connectivity index (χ3v) is 3.56. The van der Waals surface area contributed by atoms with Gasteiger partial charge in [-0.2, -0.15) is 13.2 Å². The van der Waals surface area contributed by atoms with Crippen molar-refractivity contribution in [3.63, 3.8) is 0 Å². The molecule has 1 saturated heterocycles. The number of rotatable bonds is 7. The summed E-state index contributed by atoms with van der Waals surface area (Å²) in [6, 6.07) is 1.70. The fourth-order valence-electron chi connectivity index (χ4n) is 2.50. The van der Waals surface area contributed by atoms with E-state index in [1.54, 1.807) is 18.5 Å². The maximum Gasteiger partial charge on any atom is 0.401 e. The number of aromatic nitrogens is 2. The Bertz CT molecular complexity index is 497. The Kier molecular flexibility index (Phi) is 6.14. The van der Waals surface area contributed by atoms with E-state index in [1.165, 1.54) is 4.90 Å². The van der Waals surface area contributed by atoms with Gasteiger partial charge in [0.15, 0.2) is 0 Å². The molecule has 1 atom stereocenters. The average Bonchev–Trinajstić information content (AvgIpc) is 2.92. The number of carbonyl (C=O) groups is 1. The molecule has 1 aliphatic heterocycles. The van der Waals surface area contributed by atoms with Crippen molar-refractivity contribution in [1.82, 2.24) is 20.2 Å². The van der Waals surface area contributed by atoms with Crippen LogP contribution in [0.2, 0.25) is 0 Å². The van der Waals surface area contributed by atoms with Crippen molar-refractivity contribution in [2.75, 3.05) is 38.0 Å². The lowest BCUT2D eigenvalue weighted by molar-refractivity contribution is -0.143. The van der Waals surface area contributed by atoms with Gasteiger partial charge in [-0.1, -0.05) is 0 Å². The fourth-order valence-corrected chi connectivity index (χ4v) is 2.50. The van der Waals surface area contributed by atoms with Crippen molar-refractivity contribution in [2.24, 2.45) is 5.92 Å². The quantitative estimate of drug-likeness (QED) is 0.788. The number of hydrogen-bond acceptors (Lipinski definition) is 5. The Balaban J connectivity index is 1.58. The third kappa shape index (κ3) is 6.81. The average molecular weight is 331 g/mol. The molecule has 2 heterocycles. The summed E-state index contributed by atoms with van der Waals surface area (Å²) in [5.74, 6) is 0.397. The highest BCUT2D eigenvalue weighted by molar-refractivity contribution is 5.76. The van der Waals surface area contributed by atoms with E-state index in [-0.39, 0.29) is 18.2 Å². The van der Waals surface area contributed by atoms with E-state index in [0.29, 0.717) is 38.5 Å². The Morgan fingerprint density at radius 1 is 1.35 bits per heavy atom. The number of nitrogens with one attached hydrogen (secondary N) is 2. The van der Waals surface area contributed by atoms with Crippen LogP contribution in [0.25, 0.3) is 0 Å². The standard InChI is InChI=1S/C14H20F3N5O/c15-14(16,17)10-22-7-3-11(9-22)8-21-12(23)2-6-20-13-18-4-1-5-19-13/h1,4-5,11H,2-3,6-10H2,(H,21,23)(H,18,19,20). The zero-order valence-corrected chi connectivity index (χ0v) is 12.6. The highest BCUT2D eigenvalue weighted by Gasteiger charge is 2.34. The summed E-state index contributed by atoms with van der Waals surface area (Å²) in [6.45, 7) is 0.733. The maximum atomic E-state index is 12.3. The Hall–Kier alpha value is -1.90. The number of carbonyl (C=O) groups excluding carboxylic acids is 1. The molecule has 6 nitrogen and oxygen atoms in total. The number of alkyl halides is 3. The number of hydrogen-bond donors (Lipinski definition) is 2. The van der Waals surface area contributed by atoms with Crippen LogP contribution >= 0.6 is 0 Å². The van der Waals surface area contributed by atoms with Gasteiger partial charge < -0.3 is 10.6 Å². The first-order valence-electron chi connectivity index (χ1n) is 7.49. The molecule has 0 bridgehead atoms. The van der Waals surface area contributed by atoms with E-state index >= 15 is 0 Å². The molecule has 23 heavy (non-hydrogen) atoms. The predicted molar refractivity (Wildman–Crippen MR) is 78.8 cm³/mol. The van der Waals surface area contributed by atoms with Crippen LogP contribution in [-0.2, 0) is 4.79 Å². The van der Waals surface area contributed by atoms with Crippen molar-refractivity contribution in [1.29, 1.82) is 0 Å². The van der Waals surface area contributed by atoms with Gasteiger partial charge in [-0.3, -0.25) is 9.69 Å². The maximum absolute atomic E-state index is 12.3. The third-order valence-electron chi connectivity index (χ3n) is 3.56.